The van der Waals surface area contributed by atoms with Crippen molar-refractivity contribution >= 4 is 12.0 Å². The smallest absolute Gasteiger partial charge is 0.318 e. The average molecular weight is 296 g/mol. The lowest BCUT2D eigenvalue weighted by Crippen LogP contribution is -2.53. The van der Waals surface area contributed by atoms with Crippen molar-refractivity contribution in [3.8, 4) is 0 Å². The fourth-order valence-corrected chi connectivity index (χ4v) is 2.02. The van der Waals surface area contributed by atoms with Crippen LogP contribution in [0.15, 0.2) is 22.8 Å². The highest BCUT2D eigenvalue weighted by atomic mass is 16.4. The van der Waals surface area contributed by atoms with Gasteiger partial charge in [-0.2, -0.15) is 0 Å². The van der Waals surface area contributed by atoms with Crippen molar-refractivity contribution in [2.45, 2.75) is 52.1 Å². The Hall–Kier alpha value is -1.98. The molecule has 0 aliphatic rings. The number of aliphatic carboxylic acids is 1. The molecule has 1 aromatic heterocycles. The Bertz CT molecular complexity index is 463. The molecule has 2 amide bonds. The molecule has 0 aromatic carbocycles. The molecule has 0 spiro atoms. The van der Waals surface area contributed by atoms with E-state index in [1.54, 1.807) is 17.2 Å². The molecular formula is C15H24N2O4. The lowest BCUT2D eigenvalue weighted by Gasteiger charge is -2.36. The molecule has 6 heteroatoms. The summed E-state index contributed by atoms with van der Waals surface area (Å²) in [6.45, 7) is 7.71. The summed E-state index contributed by atoms with van der Waals surface area (Å²) in [6.07, 6.45) is 2.12. The summed E-state index contributed by atoms with van der Waals surface area (Å²) >= 11 is 0. The number of carboxylic acids is 1. The van der Waals surface area contributed by atoms with Crippen LogP contribution in [0, 0.1) is 0 Å². The lowest BCUT2D eigenvalue weighted by atomic mass is 10.1. The predicted octanol–water partition coefficient (Wildman–Crippen LogP) is 2.50. The van der Waals surface area contributed by atoms with Gasteiger partial charge in [-0.15, -0.1) is 0 Å². The molecule has 21 heavy (non-hydrogen) atoms. The minimum atomic E-state index is -0.916. The van der Waals surface area contributed by atoms with Gasteiger partial charge in [-0.3, -0.25) is 4.79 Å². The highest BCUT2D eigenvalue weighted by Gasteiger charge is 2.27. The van der Waals surface area contributed by atoms with Crippen molar-refractivity contribution in [2.24, 2.45) is 0 Å². The number of hydrogen-bond donors (Lipinski definition) is 2. The van der Waals surface area contributed by atoms with Gasteiger partial charge < -0.3 is 19.7 Å². The van der Waals surface area contributed by atoms with E-state index in [1.165, 1.54) is 0 Å². The first-order valence-corrected chi connectivity index (χ1v) is 7.02. The number of urea groups is 1. The van der Waals surface area contributed by atoms with Crippen molar-refractivity contribution in [2.75, 3.05) is 6.54 Å². The highest BCUT2D eigenvalue weighted by molar-refractivity contribution is 5.76. The molecule has 0 radical (unpaired) electrons. The molecule has 0 saturated heterocycles. The van der Waals surface area contributed by atoms with Crippen molar-refractivity contribution in [3.63, 3.8) is 0 Å². The SMILES string of the molecule is CC(Cc1ccco1)NC(=O)N(CCC(=O)O)C(C)(C)C. The van der Waals surface area contributed by atoms with Crippen LogP contribution in [0.2, 0.25) is 0 Å². The van der Waals surface area contributed by atoms with Gasteiger partial charge in [-0.25, -0.2) is 4.79 Å². The van der Waals surface area contributed by atoms with E-state index in [9.17, 15) is 9.59 Å². The van der Waals surface area contributed by atoms with Crippen LogP contribution in [-0.2, 0) is 11.2 Å². The number of rotatable bonds is 6. The molecule has 0 saturated carbocycles. The number of carboxylic acid groups (broad SMARTS) is 1. The molecule has 0 fully saturated rings. The fraction of sp³-hybridized carbons (Fsp3) is 0.600. The number of hydrogen-bond acceptors (Lipinski definition) is 3. The van der Waals surface area contributed by atoms with Gasteiger partial charge >= 0.3 is 12.0 Å². The van der Waals surface area contributed by atoms with E-state index in [1.807, 2.05) is 33.8 Å². The summed E-state index contributed by atoms with van der Waals surface area (Å²) in [5.41, 5.74) is -0.441. The molecule has 1 rings (SSSR count). The molecule has 1 unspecified atom stereocenters. The van der Waals surface area contributed by atoms with Gasteiger partial charge in [0.1, 0.15) is 5.76 Å². The van der Waals surface area contributed by atoms with E-state index >= 15 is 0 Å². The number of amides is 2. The molecule has 0 aliphatic carbocycles. The van der Waals surface area contributed by atoms with E-state index in [4.69, 9.17) is 9.52 Å². The molecule has 6 nitrogen and oxygen atoms in total. The second kappa shape index (κ2) is 7.15. The van der Waals surface area contributed by atoms with Crippen molar-refractivity contribution in [1.29, 1.82) is 0 Å². The third-order valence-corrected chi connectivity index (χ3v) is 3.06. The van der Waals surface area contributed by atoms with Crippen molar-refractivity contribution < 1.29 is 19.1 Å². The Kier molecular flexibility index (Phi) is 5.81. The van der Waals surface area contributed by atoms with E-state index in [-0.39, 0.29) is 25.0 Å². The number of carbonyl (C=O) groups excluding carboxylic acids is 1. The minimum absolute atomic E-state index is 0.0722. The van der Waals surface area contributed by atoms with Crippen molar-refractivity contribution in [1.82, 2.24) is 10.2 Å². The quantitative estimate of drug-likeness (QED) is 0.845. The minimum Gasteiger partial charge on any atom is -0.481 e. The standard InChI is InChI=1S/C15H24N2O4/c1-11(10-12-6-5-9-21-12)16-14(20)17(15(2,3)4)8-7-13(18)19/h5-6,9,11H,7-8,10H2,1-4H3,(H,16,20)(H,18,19). The third kappa shape index (κ3) is 5.89. The Morgan fingerprint density at radius 2 is 2.10 bits per heavy atom. The zero-order chi connectivity index (χ0) is 16.0. The van der Waals surface area contributed by atoms with Crippen molar-refractivity contribution in [3.05, 3.63) is 24.2 Å². The number of carbonyl (C=O) groups is 2. The first-order chi connectivity index (χ1) is 9.70. The van der Waals surface area contributed by atoms with Gasteiger partial charge in [0.2, 0.25) is 0 Å². The van der Waals surface area contributed by atoms with Crippen LogP contribution in [0.4, 0.5) is 4.79 Å². The average Bonchev–Trinajstić information content (AvgIpc) is 2.79. The predicted molar refractivity (Wildman–Crippen MR) is 79.1 cm³/mol. The Morgan fingerprint density at radius 1 is 1.43 bits per heavy atom. The number of furan rings is 1. The topological polar surface area (TPSA) is 82.8 Å². The van der Waals surface area contributed by atoms with E-state index in [0.717, 1.165) is 5.76 Å². The van der Waals surface area contributed by atoms with Crippen LogP contribution >= 0.6 is 0 Å². The van der Waals surface area contributed by atoms with Gasteiger partial charge in [-0.1, -0.05) is 0 Å². The summed E-state index contributed by atoms with van der Waals surface area (Å²) < 4.78 is 5.25. The first kappa shape index (κ1) is 17.1. The van der Waals surface area contributed by atoms with Crippen LogP contribution in [0.25, 0.3) is 0 Å². The molecule has 1 heterocycles. The Labute approximate surface area is 125 Å². The van der Waals surface area contributed by atoms with Crippen LogP contribution in [0.5, 0.6) is 0 Å². The maximum Gasteiger partial charge on any atom is 0.318 e. The molecule has 2 N–H and O–H groups in total. The Morgan fingerprint density at radius 3 is 2.57 bits per heavy atom. The molecular weight excluding hydrogens is 272 g/mol. The molecule has 1 aromatic rings. The monoisotopic (exact) mass is 296 g/mol. The number of nitrogens with one attached hydrogen (secondary N) is 1. The van der Waals surface area contributed by atoms with Gasteiger partial charge in [0, 0.05) is 24.5 Å². The van der Waals surface area contributed by atoms with Crippen LogP contribution in [0.3, 0.4) is 0 Å². The summed E-state index contributed by atoms with van der Waals surface area (Å²) in [5, 5.41) is 11.7. The summed E-state index contributed by atoms with van der Waals surface area (Å²) in [5.74, 6) is -0.115. The lowest BCUT2D eigenvalue weighted by molar-refractivity contribution is -0.137. The summed E-state index contributed by atoms with van der Waals surface area (Å²) in [4.78, 5) is 24.6. The zero-order valence-electron chi connectivity index (χ0n) is 13.0. The highest BCUT2D eigenvalue weighted by Crippen LogP contribution is 2.14. The van der Waals surface area contributed by atoms with Gasteiger partial charge in [0.05, 0.1) is 12.7 Å². The molecule has 0 aliphatic heterocycles. The number of nitrogens with zero attached hydrogens (tertiary/aromatic N) is 1. The zero-order valence-corrected chi connectivity index (χ0v) is 13.0. The Balaban J connectivity index is 2.60. The van der Waals surface area contributed by atoms with Crippen LogP contribution < -0.4 is 5.32 Å². The molecule has 118 valence electrons. The van der Waals surface area contributed by atoms with E-state index in [2.05, 4.69) is 5.32 Å². The summed E-state index contributed by atoms with van der Waals surface area (Å²) in [7, 11) is 0. The fourth-order valence-electron chi connectivity index (χ4n) is 2.02. The second-order valence-corrected chi connectivity index (χ2v) is 6.10. The van der Waals surface area contributed by atoms with E-state index in [0.29, 0.717) is 6.42 Å². The normalized spacial score (nSPS) is 12.8. The first-order valence-electron chi connectivity index (χ1n) is 7.02. The van der Waals surface area contributed by atoms with E-state index < -0.39 is 11.5 Å². The second-order valence-electron chi connectivity index (χ2n) is 6.10. The van der Waals surface area contributed by atoms with Crippen LogP contribution in [-0.4, -0.2) is 40.1 Å². The van der Waals surface area contributed by atoms with Gasteiger partial charge in [-0.05, 0) is 39.8 Å². The maximum absolute atomic E-state index is 12.3. The van der Waals surface area contributed by atoms with Gasteiger partial charge in [0.25, 0.3) is 0 Å². The largest absolute Gasteiger partial charge is 0.481 e. The molecule has 1 atom stereocenters. The van der Waals surface area contributed by atoms with Gasteiger partial charge in [0.15, 0.2) is 0 Å². The third-order valence-electron chi connectivity index (χ3n) is 3.06. The maximum atomic E-state index is 12.3. The molecule has 0 bridgehead atoms. The summed E-state index contributed by atoms with van der Waals surface area (Å²) in [6, 6.07) is 3.30. The van der Waals surface area contributed by atoms with Crippen LogP contribution in [0.1, 0.15) is 39.9 Å².